The van der Waals surface area contributed by atoms with Gasteiger partial charge in [-0.05, 0) is 18.2 Å². The van der Waals surface area contributed by atoms with Gasteiger partial charge < -0.3 is 14.6 Å². The minimum absolute atomic E-state index is 0.0249. The lowest BCUT2D eigenvalue weighted by atomic mass is 10.1. The van der Waals surface area contributed by atoms with Crippen LogP contribution in [0.15, 0.2) is 24.4 Å². The first-order chi connectivity index (χ1) is 9.56. The van der Waals surface area contributed by atoms with Crippen molar-refractivity contribution in [3.05, 3.63) is 35.1 Å². The number of aromatic nitrogens is 2. The van der Waals surface area contributed by atoms with E-state index in [-0.39, 0.29) is 16.5 Å². The molecule has 0 saturated carbocycles. The number of hydrogen-bond donors (Lipinski definition) is 1. The normalized spacial score (nSPS) is 10.2. The summed E-state index contributed by atoms with van der Waals surface area (Å²) in [5.74, 6) is 0.0590. The minimum atomic E-state index is -1.22. The van der Waals surface area contributed by atoms with Crippen molar-refractivity contribution < 1.29 is 19.4 Å². The molecule has 1 aromatic carbocycles. The maximum absolute atomic E-state index is 11.1. The van der Waals surface area contributed by atoms with Gasteiger partial charge in [0.15, 0.2) is 11.5 Å². The van der Waals surface area contributed by atoms with Gasteiger partial charge in [0.1, 0.15) is 11.5 Å². The third kappa shape index (κ3) is 2.65. The molecule has 7 heteroatoms. The summed E-state index contributed by atoms with van der Waals surface area (Å²) >= 11 is 5.75. The van der Waals surface area contributed by atoms with Crippen LogP contribution in [0.5, 0.6) is 11.5 Å². The van der Waals surface area contributed by atoms with E-state index in [9.17, 15) is 4.79 Å². The van der Waals surface area contributed by atoms with E-state index in [4.69, 9.17) is 26.2 Å². The predicted molar refractivity (Wildman–Crippen MR) is 72.5 cm³/mol. The first kappa shape index (κ1) is 14.1. The minimum Gasteiger partial charge on any atom is -0.497 e. The Kier molecular flexibility index (Phi) is 4.05. The summed E-state index contributed by atoms with van der Waals surface area (Å²) in [7, 11) is 3.02. The van der Waals surface area contributed by atoms with Crippen molar-refractivity contribution in [1.29, 1.82) is 0 Å². The number of nitrogens with zero attached hydrogens (tertiary/aromatic N) is 2. The summed E-state index contributed by atoms with van der Waals surface area (Å²) in [6, 6.07) is 5.07. The number of carbonyl (C=O) groups is 1. The van der Waals surface area contributed by atoms with Gasteiger partial charge in [0, 0.05) is 0 Å². The van der Waals surface area contributed by atoms with Crippen LogP contribution in [0.2, 0.25) is 5.02 Å². The van der Waals surface area contributed by atoms with Gasteiger partial charge in [0.05, 0.1) is 31.0 Å². The number of aromatic carboxylic acids is 1. The van der Waals surface area contributed by atoms with Crippen LogP contribution >= 0.6 is 11.6 Å². The quantitative estimate of drug-likeness (QED) is 0.933. The van der Waals surface area contributed by atoms with Crippen molar-refractivity contribution in [3.63, 3.8) is 0 Å². The molecule has 104 valence electrons. The predicted octanol–water partition coefficient (Wildman–Crippen LogP) is 2.51. The van der Waals surface area contributed by atoms with E-state index in [1.54, 1.807) is 18.2 Å². The van der Waals surface area contributed by atoms with Crippen molar-refractivity contribution >= 4 is 17.6 Å². The van der Waals surface area contributed by atoms with E-state index in [0.717, 1.165) is 0 Å². The molecule has 0 atom stereocenters. The van der Waals surface area contributed by atoms with Gasteiger partial charge in [0.25, 0.3) is 0 Å². The van der Waals surface area contributed by atoms with Crippen LogP contribution in [-0.2, 0) is 0 Å². The number of benzene rings is 1. The molecule has 0 bridgehead atoms. The summed E-state index contributed by atoms with van der Waals surface area (Å²) in [4.78, 5) is 19.0. The largest absolute Gasteiger partial charge is 0.497 e. The third-order valence-electron chi connectivity index (χ3n) is 2.59. The third-order valence-corrected chi connectivity index (χ3v) is 2.87. The molecule has 2 aromatic rings. The Morgan fingerprint density at radius 3 is 2.65 bits per heavy atom. The van der Waals surface area contributed by atoms with Gasteiger partial charge in [-0.1, -0.05) is 11.6 Å². The number of halogens is 1. The summed E-state index contributed by atoms with van der Waals surface area (Å²) < 4.78 is 10.3. The number of carboxylic acids is 1. The summed E-state index contributed by atoms with van der Waals surface area (Å²) in [5.41, 5.74) is 0.257. The van der Waals surface area contributed by atoms with E-state index in [0.29, 0.717) is 17.1 Å². The average molecular weight is 295 g/mol. The molecule has 0 saturated heterocycles. The van der Waals surface area contributed by atoms with Crippen LogP contribution in [0.1, 0.15) is 10.5 Å². The number of carboxylic acid groups (broad SMARTS) is 1. The Labute approximate surface area is 120 Å². The smallest absolute Gasteiger partial charge is 0.356 e. The Bertz CT molecular complexity index is 661. The van der Waals surface area contributed by atoms with Crippen LogP contribution in [0.3, 0.4) is 0 Å². The summed E-state index contributed by atoms with van der Waals surface area (Å²) in [6.45, 7) is 0. The average Bonchev–Trinajstić information content (AvgIpc) is 2.46. The fraction of sp³-hybridized carbons (Fsp3) is 0.154. The zero-order valence-corrected chi connectivity index (χ0v) is 11.5. The van der Waals surface area contributed by atoms with Gasteiger partial charge in [0.2, 0.25) is 0 Å². The first-order valence-electron chi connectivity index (χ1n) is 5.55. The second-order valence-corrected chi connectivity index (χ2v) is 4.17. The lowest BCUT2D eigenvalue weighted by Gasteiger charge is -2.10. The van der Waals surface area contributed by atoms with E-state index in [2.05, 4.69) is 9.97 Å². The number of hydrogen-bond acceptors (Lipinski definition) is 5. The fourth-order valence-corrected chi connectivity index (χ4v) is 1.81. The van der Waals surface area contributed by atoms with E-state index in [1.165, 1.54) is 20.4 Å². The molecule has 0 radical (unpaired) electrons. The summed E-state index contributed by atoms with van der Waals surface area (Å²) in [5, 5.41) is 9.01. The molecule has 1 aromatic heterocycles. The van der Waals surface area contributed by atoms with Crippen molar-refractivity contribution in [2.24, 2.45) is 0 Å². The molecule has 1 heterocycles. The van der Waals surface area contributed by atoms with Crippen molar-refractivity contribution in [3.8, 4) is 22.9 Å². The number of methoxy groups -OCH3 is 2. The van der Waals surface area contributed by atoms with Crippen LogP contribution in [0.4, 0.5) is 0 Å². The molecule has 0 unspecified atom stereocenters. The van der Waals surface area contributed by atoms with Crippen molar-refractivity contribution in [1.82, 2.24) is 9.97 Å². The lowest BCUT2D eigenvalue weighted by Crippen LogP contribution is -2.04. The molecular formula is C13H11ClN2O4. The van der Waals surface area contributed by atoms with E-state index >= 15 is 0 Å². The maximum Gasteiger partial charge on any atom is 0.356 e. The standard InChI is InChI=1S/C13H11ClN2O4/c1-19-7-3-4-10(20-2)8(5-7)12-15-6-9(14)11(16-12)13(17)18/h3-6H,1-2H3,(H,17,18). The maximum atomic E-state index is 11.1. The number of ether oxygens (including phenoxy) is 2. The lowest BCUT2D eigenvalue weighted by molar-refractivity contribution is 0.0690. The zero-order valence-electron chi connectivity index (χ0n) is 10.8. The molecule has 0 aliphatic heterocycles. The molecule has 2 rings (SSSR count). The molecule has 0 aliphatic carbocycles. The second-order valence-electron chi connectivity index (χ2n) is 3.76. The molecule has 0 spiro atoms. The highest BCUT2D eigenvalue weighted by molar-refractivity contribution is 6.33. The number of rotatable bonds is 4. The topological polar surface area (TPSA) is 81.5 Å². The Morgan fingerprint density at radius 1 is 1.30 bits per heavy atom. The van der Waals surface area contributed by atoms with Crippen LogP contribution in [0.25, 0.3) is 11.4 Å². The molecule has 20 heavy (non-hydrogen) atoms. The fourth-order valence-electron chi connectivity index (χ4n) is 1.64. The Morgan fingerprint density at radius 2 is 2.05 bits per heavy atom. The van der Waals surface area contributed by atoms with Gasteiger partial charge in [-0.2, -0.15) is 0 Å². The SMILES string of the molecule is COc1ccc(OC)c(-c2ncc(Cl)c(C(=O)O)n2)c1. The van der Waals surface area contributed by atoms with Crippen molar-refractivity contribution in [2.75, 3.05) is 14.2 Å². The molecular weight excluding hydrogens is 284 g/mol. The highest BCUT2D eigenvalue weighted by Crippen LogP contribution is 2.31. The molecule has 1 N–H and O–H groups in total. The highest BCUT2D eigenvalue weighted by atomic mass is 35.5. The van der Waals surface area contributed by atoms with E-state index in [1.807, 2.05) is 0 Å². The van der Waals surface area contributed by atoms with Crippen molar-refractivity contribution in [2.45, 2.75) is 0 Å². The first-order valence-corrected chi connectivity index (χ1v) is 5.93. The zero-order chi connectivity index (χ0) is 14.7. The van der Waals surface area contributed by atoms with Crippen LogP contribution in [0, 0.1) is 0 Å². The molecule has 0 amide bonds. The second kappa shape index (κ2) is 5.75. The molecule has 0 fully saturated rings. The Balaban J connectivity index is 2.61. The summed E-state index contributed by atoms with van der Waals surface area (Å²) in [6.07, 6.45) is 1.24. The molecule has 6 nitrogen and oxygen atoms in total. The van der Waals surface area contributed by atoms with Crippen LogP contribution in [-0.4, -0.2) is 35.3 Å². The van der Waals surface area contributed by atoms with Gasteiger partial charge in [-0.3, -0.25) is 0 Å². The van der Waals surface area contributed by atoms with Gasteiger partial charge in [-0.25, -0.2) is 14.8 Å². The van der Waals surface area contributed by atoms with E-state index < -0.39 is 5.97 Å². The Hall–Kier alpha value is -2.34. The molecule has 0 aliphatic rings. The van der Waals surface area contributed by atoms with Gasteiger partial charge in [-0.15, -0.1) is 0 Å². The van der Waals surface area contributed by atoms with Gasteiger partial charge >= 0.3 is 5.97 Å². The monoisotopic (exact) mass is 294 g/mol. The highest BCUT2D eigenvalue weighted by Gasteiger charge is 2.16. The van der Waals surface area contributed by atoms with Crippen LogP contribution < -0.4 is 9.47 Å².